The van der Waals surface area contributed by atoms with Crippen molar-refractivity contribution >= 4 is 17.4 Å². The van der Waals surface area contributed by atoms with Crippen molar-refractivity contribution in [3.63, 3.8) is 0 Å². The van der Waals surface area contributed by atoms with Crippen LogP contribution < -0.4 is 0 Å². The Bertz CT molecular complexity index is 556. The van der Waals surface area contributed by atoms with E-state index in [0.29, 0.717) is 16.5 Å². The second-order valence-corrected chi connectivity index (χ2v) is 4.05. The molecule has 0 aliphatic heterocycles. The molecule has 1 atom stereocenters. The fourth-order valence-electron chi connectivity index (χ4n) is 1.41. The van der Waals surface area contributed by atoms with Gasteiger partial charge in [0.2, 0.25) is 0 Å². The molecule has 1 N–H and O–H groups in total. The molecule has 2 aromatic rings. The van der Waals surface area contributed by atoms with Crippen LogP contribution >= 0.6 is 11.6 Å². The number of rotatable bonds is 3. The Hall–Kier alpha value is -2.01. The van der Waals surface area contributed by atoms with Gasteiger partial charge in [-0.05, 0) is 25.1 Å². The lowest BCUT2D eigenvalue weighted by molar-refractivity contribution is 0.463. The Balaban J connectivity index is 2.14. The summed E-state index contributed by atoms with van der Waals surface area (Å²) in [5.74, 6) is 0.577. The zero-order valence-corrected chi connectivity index (χ0v) is 10.4. The molecule has 1 aromatic carbocycles. The first-order chi connectivity index (χ1) is 8.66. The van der Waals surface area contributed by atoms with Gasteiger partial charge in [-0.2, -0.15) is 5.11 Å². The highest BCUT2D eigenvalue weighted by atomic mass is 35.5. The highest BCUT2D eigenvalue weighted by Gasteiger charge is 2.08. The normalized spacial score (nSPS) is 12.8. The molecular weight excluding hydrogens is 252 g/mol. The van der Waals surface area contributed by atoms with Gasteiger partial charge in [0.25, 0.3) is 0 Å². The molecule has 2 rings (SSSR count). The Morgan fingerprint density at radius 1 is 1.17 bits per heavy atom. The van der Waals surface area contributed by atoms with E-state index >= 15 is 0 Å². The van der Waals surface area contributed by atoms with Crippen molar-refractivity contribution in [2.75, 3.05) is 0 Å². The van der Waals surface area contributed by atoms with Crippen molar-refractivity contribution in [1.29, 1.82) is 0 Å². The van der Waals surface area contributed by atoms with Gasteiger partial charge >= 0.3 is 0 Å². The number of benzene rings is 1. The van der Waals surface area contributed by atoms with E-state index in [1.165, 1.54) is 0 Å². The maximum atomic E-state index is 9.67. The predicted molar refractivity (Wildman–Crippen MR) is 68.1 cm³/mol. The van der Waals surface area contributed by atoms with E-state index in [9.17, 15) is 5.11 Å². The molecule has 0 aliphatic carbocycles. The van der Waals surface area contributed by atoms with Gasteiger partial charge in [0.1, 0.15) is 5.75 Å². The van der Waals surface area contributed by atoms with Crippen LogP contribution in [0.5, 0.6) is 5.75 Å². The molecule has 0 saturated carbocycles. The molecular formula is C12H11ClN4O. The van der Waals surface area contributed by atoms with Crippen molar-refractivity contribution in [1.82, 2.24) is 10.2 Å². The van der Waals surface area contributed by atoms with Gasteiger partial charge in [-0.15, -0.1) is 15.3 Å². The van der Waals surface area contributed by atoms with Crippen LogP contribution in [0, 0.1) is 0 Å². The maximum absolute atomic E-state index is 9.67. The summed E-state index contributed by atoms with van der Waals surface area (Å²) in [7, 11) is 0. The first-order valence-electron chi connectivity index (χ1n) is 5.35. The van der Waals surface area contributed by atoms with Crippen LogP contribution in [0.15, 0.2) is 46.6 Å². The number of para-hydroxylation sites is 1. The molecule has 1 heterocycles. The van der Waals surface area contributed by atoms with Crippen molar-refractivity contribution < 1.29 is 5.11 Å². The number of hydrogen-bond donors (Lipinski definition) is 1. The van der Waals surface area contributed by atoms with E-state index in [1.807, 2.05) is 13.0 Å². The van der Waals surface area contributed by atoms with Gasteiger partial charge in [-0.3, -0.25) is 0 Å². The zero-order valence-electron chi connectivity index (χ0n) is 9.66. The highest BCUT2D eigenvalue weighted by Crippen LogP contribution is 2.26. The lowest BCUT2D eigenvalue weighted by atomic mass is 10.1. The summed E-state index contributed by atoms with van der Waals surface area (Å²) in [4.78, 5) is 0. The number of phenolic OH excluding ortho intramolecular Hbond substituents is 1. The van der Waals surface area contributed by atoms with Gasteiger partial charge in [0, 0.05) is 5.56 Å². The number of halogens is 1. The van der Waals surface area contributed by atoms with E-state index < -0.39 is 0 Å². The van der Waals surface area contributed by atoms with Crippen LogP contribution in [-0.4, -0.2) is 15.3 Å². The Morgan fingerprint density at radius 3 is 2.61 bits per heavy atom. The van der Waals surface area contributed by atoms with Gasteiger partial charge in [-0.1, -0.05) is 29.8 Å². The average Bonchev–Trinajstić information content (AvgIpc) is 2.38. The number of nitrogens with zero attached hydrogens (tertiary/aromatic N) is 4. The molecule has 0 saturated heterocycles. The summed E-state index contributed by atoms with van der Waals surface area (Å²) in [6.45, 7) is 1.84. The largest absolute Gasteiger partial charge is 0.508 e. The predicted octanol–water partition coefficient (Wildman–Crippen LogP) is 3.68. The third-order valence-electron chi connectivity index (χ3n) is 2.34. The van der Waals surface area contributed by atoms with Gasteiger partial charge in [0.15, 0.2) is 11.0 Å². The number of aromatic hydroxyl groups is 1. The fraction of sp³-hybridized carbons (Fsp3) is 0.167. The van der Waals surface area contributed by atoms with Crippen LogP contribution in [0.2, 0.25) is 5.15 Å². The first kappa shape index (κ1) is 12.4. The molecule has 92 valence electrons. The Labute approximate surface area is 109 Å². The zero-order chi connectivity index (χ0) is 13.0. The van der Waals surface area contributed by atoms with Crippen molar-refractivity contribution in [3.8, 4) is 5.75 Å². The number of hydrogen-bond acceptors (Lipinski definition) is 5. The lowest BCUT2D eigenvalue weighted by Crippen LogP contribution is -1.89. The minimum atomic E-state index is -0.260. The third-order valence-corrected chi connectivity index (χ3v) is 2.54. The summed E-state index contributed by atoms with van der Waals surface area (Å²) in [6, 6.07) is 9.96. The summed E-state index contributed by atoms with van der Waals surface area (Å²) in [5.41, 5.74) is 0.711. The van der Waals surface area contributed by atoms with E-state index in [2.05, 4.69) is 20.4 Å². The molecule has 6 heteroatoms. The van der Waals surface area contributed by atoms with Gasteiger partial charge in [-0.25, -0.2) is 0 Å². The summed E-state index contributed by atoms with van der Waals surface area (Å²) in [5, 5.41) is 25.4. The van der Waals surface area contributed by atoms with Crippen LogP contribution in [0.3, 0.4) is 0 Å². The van der Waals surface area contributed by atoms with Crippen molar-refractivity contribution in [3.05, 3.63) is 47.1 Å². The van der Waals surface area contributed by atoms with E-state index in [0.717, 1.165) is 0 Å². The molecule has 18 heavy (non-hydrogen) atoms. The third kappa shape index (κ3) is 3.01. The van der Waals surface area contributed by atoms with Crippen LogP contribution in [-0.2, 0) is 0 Å². The topological polar surface area (TPSA) is 70.7 Å². The fourth-order valence-corrected chi connectivity index (χ4v) is 1.51. The smallest absolute Gasteiger partial charge is 0.196 e. The lowest BCUT2D eigenvalue weighted by Gasteiger charge is -2.06. The number of azo groups is 1. The molecule has 5 nitrogen and oxygen atoms in total. The Morgan fingerprint density at radius 2 is 1.94 bits per heavy atom. The SMILES string of the molecule is CC(N=Nc1ccc(Cl)nn1)c1ccccc1O. The highest BCUT2D eigenvalue weighted by molar-refractivity contribution is 6.29. The quantitative estimate of drug-likeness (QED) is 0.858. The van der Waals surface area contributed by atoms with E-state index in [1.54, 1.807) is 30.3 Å². The van der Waals surface area contributed by atoms with Crippen molar-refractivity contribution in [2.24, 2.45) is 10.2 Å². The molecule has 0 bridgehead atoms. The van der Waals surface area contributed by atoms with Crippen LogP contribution in [0.25, 0.3) is 0 Å². The summed E-state index contributed by atoms with van der Waals surface area (Å²) in [6.07, 6.45) is 0. The molecule has 0 radical (unpaired) electrons. The monoisotopic (exact) mass is 262 g/mol. The molecule has 0 fully saturated rings. The second kappa shape index (κ2) is 5.55. The molecule has 1 unspecified atom stereocenters. The van der Waals surface area contributed by atoms with E-state index in [4.69, 9.17) is 11.6 Å². The minimum Gasteiger partial charge on any atom is -0.508 e. The van der Waals surface area contributed by atoms with E-state index in [-0.39, 0.29) is 11.8 Å². The molecule has 0 spiro atoms. The van der Waals surface area contributed by atoms with Gasteiger partial charge in [0.05, 0.1) is 6.04 Å². The Kier molecular flexibility index (Phi) is 3.84. The molecule has 0 aliphatic rings. The minimum absolute atomic E-state index is 0.200. The molecule has 0 amide bonds. The van der Waals surface area contributed by atoms with Crippen molar-refractivity contribution in [2.45, 2.75) is 13.0 Å². The van der Waals surface area contributed by atoms with Crippen LogP contribution in [0.1, 0.15) is 18.5 Å². The first-order valence-corrected chi connectivity index (χ1v) is 5.72. The number of aromatic nitrogens is 2. The summed E-state index contributed by atoms with van der Waals surface area (Å²) >= 11 is 5.61. The van der Waals surface area contributed by atoms with Gasteiger partial charge < -0.3 is 5.11 Å². The number of phenols is 1. The maximum Gasteiger partial charge on any atom is 0.196 e. The summed E-state index contributed by atoms with van der Waals surface area (Å²) < 4.78 is 0. The second-order valence-electron chi connectivity index (χ2n) is 3.66. The molecule has 1 aromatic heterocycles. The average molecular weight is 263 g/mol. The standard InChI is InChI=1S/C12H11ClN4O/c1-8(9-4-2-3-5-10(9)18)14-16-12-7-6-11(13)15-17-12/h2-8,18H,1H3. The van der Waals surface area contributed by atoms with Crippen LogP contribution in [0.4, 0.5) is 5.82 Å².